The second-order valence-electron chi connectivity index (χ2n) is 5.76. The maximum Gasteiger partial charge on any atom is 0.351 e. The average molecular weight is 361 g/mol. The molecule has 1 aliphatic heterocycles. The second kappa shape index (κ2) is 6.00. The van der Waals surface area contributed by atoms with Crippen LogP contribution in [0.5, 0.6) is 0 Å². The fourth-order valence-electron chi connectivity index (χ4n) is 2.82. The summed E-state index contributed by atoms with van der Waals surface area (Å²) in [5.74, 6) is -1.54. The molecule has 0 saturated heterocycles. The van der Waals surface area contributed by atoms with E-state index in [1.165, 1.54) is 11.1 Å². The molecular formula is C18H16FNO4S. The fraction of sp³-hybridized carbons (Fsp3) is 0.167. The van der Waals surface area contributed by atoms with Gasteiger partial charge in [-0.2, -0.15) is 0 Å². The van der Waals surface area contributed by atoms with Gasteiger partial charge in [0.05, 0.1) is 17.7 Å². The number of fused-ring (bicyclic) bond motifs is 1. The number of hydrogen-bond acceptors (Lipinski definition) is 5. The summed E-state index contributed by atoms with van der Waals surface area (Å²) in [4.78, 5) is 12.9. The molecule has 2 aromatic rings. The number of rotatable bonds is 2. The Labute approximate surface area is 145 Å². The average Bonchev–Trinajstić information content (AvgIpc) is 2.55. The van der Waals surface area contributed by atoms with Crippen molar-refractivity contribution >= 4 is 27.2 Å². The molecule has 130 valence electrons. The predicted octanol–water partition coefficient (Wildman–Crippen LogP) is 3.38. The van der Waals surface area contributed by atoms with Crippen molar-refractivity contribution in [3.8, 4) is 0 Å². The third-order valence-electron chi connectivity index (χ3n) is 4.00. The number of carbonyl (C=O) groups excluding carboxylic acids is 1. The highest BCUT2D eigenvalue weighted by Gasteiger charge is 2.37. The van der Waals surface area contributed by atoms with E-state index >= 15 is 0 Å². The van der Waals surface area contributed by atoms with Gasteiger partial charge in [-0.25, -0.2) is 17.6 Å². The number of carbonyl (C=O) groups is 1. The van der Waals surface area contributed by atoms with Crippen molar-refractivity contribution < 1.29 is 22.3 Å². The molecule has 0 atom stereocenters. The zero-order valence-corrected chi connectivity index (χ0v) is 14.7. The van der Waals surface area contributed by atoms with Crippen molar-refractivity contribution in [2.45, 2.75) is 18.7 Å². The van der Waals surface area contributed by atoms with E-state index in [0.29, 0.717) is 5.69 Å². The minimum Gasteiger partial charge on any atom is -0.465 e. The lowest BCUT2D eigenvalue weighted by atomic mass is 10.1. The summed E-state index contributed by atoms with van der Waals surface area (Å²) in [7, 11) is -2.98. The molecule has 5 nitrogen and oxygen atoms in total. The number of ether oxygens (including phenoxy) is 1. The first-order chi connectivity index (χ1) is 11.8. The third kappa shape index (κ3) is 2.80. The molecule has 0 saturated carbocycles. The van der Waals surface area contributed by atoms with Crippen molar-refractivity contribution in [2.24, 2.45) is 0 Å². The molecule has 0 spiro atoms. The highest BCUT2D eigenvalue weighted by Crippen LogP contribution is 2.41. The van der Waals surface area contributed by atoms with Crippen molar-refractivity contribution in [1.29, 1.82) is 0 Å². The summed E-state index contributed by atoms with van der Waals surface area (Å²) < 4.78 is 43.8. The van der Waals surface area contributed by atoms with Gasteiger partial charge in [-0.05, 0) is 43.7 Å². The van der Waals surface area contributed by atoms with Gasteiger partial charge in [-0.3, -0.25) is 0 Å². The Morgan fingerprint density at radius 2 is 1.80 bits per heavy atom. The van der Waals surface area contributed by atoms with E-state index in [1.807, 2.05) is 26.0 Å². The number of halogens is 1. The van der Waals surface area contributed by atoms with Crippen molar-refractivity contribution in [3.05, 3.63) is 64.4 Å². The van der Waals surface area contributed by atoms with Gasteiger partial charge in [0.1, 0.15) is 5.82 Å². The molecule has 0 fully saturated rings. The van der Waals surface area contributed by atoms with Gasteiger partial charge in [0.15, 0.2) is 4.91 Å². The number of anilines is 2. The van der Waals surface area contributed by atoms with Crippen molar-refractivity contribution in [2.75, 3.05) is 12.0 Å². The molecule has 2 aromatic carbocycles. The number of aryl methyl sites for hydroxylation is 2. The highest BCUT2D eigenvalue weighted by molar-refractivity contribution is 7.96. The number of methoxy groups -OCH3 is 1. The lowest BCUT2D eigenvalue weighted by molar-refractivity contribution is -0.135. The summed E-state index contributed by atoms with van der Waals surface area (Å²) in [6.45, 7) is 3.79. The molecule has 0 radical (unpaired) electrons. The zero-order valence-electron chi connectivity index (χ0n) is 13.9. The number of benzene rings is 2. The van der Waals surface area contributed by atoms with E-state index in [9.17, 15) is 17.6 Å². The molecule has 25 heavy (non-hydrogen) atoms. The Morgan fingerprint density at radius 3 is 2.44 bits per heavy atom. The van der Waals surface area contributed by atoms with Crippen LogP contribution in [-0.4, -0.2) is 21.5 Å². The summed E-state index contributed by atoms with van der Waals surface area (Å²) >= 11 is 0. The molecule has 1 aliphatic rings. The van der Waals surface area contributed by atoms with Crippen LogP contribution in [0.15, 0.2) is 52.4 Å². The van der Waals surface area contributed by atoms with Crippen LogP contribution in [0.2, 0.25) is 0 Å². The molecule has 0 amide bonds. The summed E-state index contributed by atoms with van der Waals surface area (Å²) in [5.41, 5.74) is 2.69. The Morgan fingerprint density at radius 1 is 1.08 bits per heavy atom. The van der Waals surface area contributed by atoms with Crippen molar-refractivity contribution in [3.63, 3.8) is 0 Å². The molecular weight excluding hydrogens is 345 g/mol. The van der Waals surface area contributed by atoms with E-state index in [1.54, 1.807) is 6.07 Å². The Balaban J connectivity index is 2.33. The van der Waals surface area contributed by atoms with Crippen LogP contribution in [0.4, 0.5) is 15.8 Å². The van der Waals surface area contributed by atoms with E-state index < -0.39 is 26.5 Å². The first kappa shape index (κ1) is 17.2. The third-order valence-corrected chi connectivity index (χ3v) is 5.78. The summed E-state index contributed by atoms with van der Waals surface area (Å²) in [6.07, 6.45) is 1.18. The monoisotopic (exact) mass is 361 g/mol. The van der Waals surface area contributed by atoms with E-state index in [0.717, 1.165) is 36.4 Å². The largest absolute Gasteiger partial charge is 0.465 e. The van der Waals surface area contributed by atoms with E-state index in [4.69, 9.17) is 0 Å². The topological polar surface area (TPSA) is 63.7 Å². The Hall–Kier alpha value is -2.67. The molecule has 0 N–H and O–H groups in total. The van der Waals surface area contributed by atoms with Crippen LogP contribution in [0.1, 0.15) is 11.1 Å². The van der Waals surface area contributed by atoms with Crippen LogP contribution >= 0.6 is 0 Å². The van der Waals surface area contributed by atoms with Crippen LogP contribution in [-0.2, 0) is 19.4 Å². The van der Waals surface area contributed by atoms with Crippen LogP contribution in [0, 0.1) is 19.7 Å². The minimum atomic E-state index is -4.09. The van der Waals surface area contributed by atoms with Crippen LogP contribution in [0.25, 0.3) is 0 Å². The number of hydrogen-bond donors (Lipinski definition) is 0. The standard InChI is InChI=1S/C18H16FNO4S/c1-11-4-6-14(12(2)8-11)20-10-17(18(21)24-3)25(22,23)16-7-5-13(19)9-15(16)20/h4-10H,1-3H3. The maximum absolute atomic E-state index is 13.8. The second-order valence-corrected chi connectivity index (χ2v) is 7.65. The van der Waals surface area contributed by atoms with E-state index in [2.05, 4.69) is 4.74 Å². The fourth-order valence-corrected chi connectivity index (χ4v) is 4.28. The van der Waals surface area contributed by atoms with Gasteiger partial charge in [0.2, 0.25) is 9.84 Å². The number of sulfone groups is 1. The normalized spacial score (nSPS) is 15.4. The van der Waals surface area contributed by atoms with Crippen LogP contribution in [0.3, 0.4) is 0 Å². The van der Waals surface area contributed by atoms with Gasteiger partial charge in [-0.1, -0.05) is 17.7 Å². The molecule has 0 unspecified atom stereocenters. The summed E-state index contributed by atoms with van der Waals surface area (Å²) in [6, 6.07) is 8.92. The molecule has 7 heteroatoms. The molecule has 0 bridgehead atoms. The predicted molar refractivity (Wildman–Crippen MR) is 91.7 cm³/mol. The van der Waals surface area contributed by atoms with Gasteiger partial charge in [0, 0.05) is 11.9 Å². The molecule has 0 aliphatic carbocycles. The van der Waals surface area contributed by atoms with Gasteiger partial charge in [0.25, 0.3) is 0 Å². The smallest absolute Gasteiger partial charge is 0.351 e. The molecule has 1 heterocycles. The lowest BCUT2D eigenvalue weighted by Gasteiger charge is -2.29. The Kier molecular flexibility index (Phi) is 4.12. The SMILES string of the molecule is COC(=O)C1=CN(c2ccc(C)cc2C)c2cc(F)ccc2S1(=O)=O. The summed E-state index contributed by atoms with van der Waals surface area (Å²) in [5, 5.41) is 0. The Bertz CT molecular complexity index is 1010. The minimum absolute atomic E-state index is 0.142. The number of nitrogens with zero attached hydrogens (tertiary/aromatic N) is 1. The number of esters is 1. The van der Waals surface area contributed by atoms with Gasteiger partial charge in [-0.15, -0.1) is 0 Å². The van der Waals surface area contributed by atoms with Crippen LogP contribution < -0.4 is 4.90 Å². The lowest BCUT2D eigenvalue weighted by Crippen LogP contribution is -2.26. The first-order valence-electron chi connectivity index (χ1n) is 7.47. The maximum atomic E-state index is 13.8. The zero-order chi connectivity index (χ0) is 18.4. The van der Waals surface area contributed by atoms with E-state index in [-0.39, 0.29) is 10.6 Å². The van der Waals surface area contributed by atoms with Gasteiger partial charge >= 0.3 is 5.97 Å². The highest BCUT2D eigenvalue weighted by atomic mass is 32.2. The quantitative estimate of drug-likeness (QED) is 0.606. The van der Waals surface area contributed by atoms with Gasteiger partial charge < -0.3 is 9.64 Å². The molecule has 0 aromatic heterocycles. The molecule has 3 rings (SSSR count). The first-order valence-corrected chi connectivity index (χ1v) is 8.95. The van der Waals surface area contributed by atoms with Crippen molar-refractivity contribution in [1.82, 2.24) is 0 Å².